The number of likely N-dealkylation sites (tertiary alicyclic amines) is 1. The van der Waals surface area contributed by atoms with Gasteiger partial charge in [0.25, 0.3) is 0 Å². The van der Waals surface area contributed by atoms with Crippen LogP contribution in [0, 0.1) is 12.8 Å². The highest BCUT2D eigenvalue weighted by Gasteiger charge is 2.24. The Labute approximate surface area is 173 Å². The van der Waals surface area contributed by atoms with Crippen LogP contribution in [0.4, 0.5) is 0 Å². The van der Waals surface area contributed by atoms with E-state index in [1.54, 1.807) is 7.11 Å². The third-order valence-electron chi connectivity index (χ3n) is 4.68. The number of aryl methyl sites for hydroxylation is 1. The first-order valence-corrected chi connectivity index (χ1v) is 9.16. The second-order valence-corrected chi connectivity index (χ2v) is 6.70. The molecule has 0 saturated carbocycles. The molecule has 3 heterocycles. The van der Waals surface area contributed by atoms with Crippen LogP contribution in [0.25, 0.3) is 5.65 Å². The van der Waals surface area contributed by atoms with E-state index in [-0.39, 0.29) is 24.0 Å². The molecule has 1 aliphatic heterocycles. The van der Waals surface area contributed by atoms with Gasteiger partial charge in [0.15, 0.2) is 5.96 Å². The van der Waals surface area contributed by atoms with Crippen molar-refractivity contribution in [2.75, 3.05) is 39.9 Å². The van der Waals surface area contributed by atoms with Gasteiger partial charge in [0.05, 0.1) is 12.3 Å². The van der Waals surface area contributed by atoms with E-state index in [4.69, 9.17) is 14.7 Å². The zero-order valence-electron chi connectivity index (χ0n) is 15.9. The molecular formula is C19H30IN5O. The first-order valence-electron chi connectivity index (χ1n) is 9.16. The lowest BCUT2D eigenvalue weighted by atomic mass is 10.1. The number of aromatic nitrogens is 2. The van der Waals surface area contributed by atoms with Crippen LogP contribution in [-0.4, -0.2) is 60.1 Å². The number of imidazole rings is 1. The zero-order chi connectivity index (χ0) is 17.6. The van der Waals surface area contributed by atoms with E-state index in [1.165, 1.54) is 12.0 Å². The van der Waals surface area contributed by atoms with Crippen LogP contribution in [0.15, 0.2) is 29.5 Å². The first-order chi connectivity index (χ1) is 12.2. The van der Waals surface area contributed by atoms with Crippen LogP contribution in [0.3, 0.4) is 0 Å². The van der Waals surface area contributed by atoms with Gasteiger partial charge in [-0.2, -0.15) is 0 Å². The Kier molecular flexibility index (Phi) is 8.15. The van der Waals surface area contributed by atoms with E-state index >= 15 is 0 Å². The average Bonchev–Trinajstić information content (AvgIpc) is 3.22. The quantitative estimate of drug-likeness (QED) is 0.400. The molecule has 1 N–H and O–H groups in total. The Morgan fingerprint density at radius 1 is 1.46 bits per heavy atom. The van der Waals surface area contributed by atoms with Crippen molar-refractivity contribution in [1.82, 2.24) is 19.6 Å². The fourth-order valence-corrected chi connectivity index (χ4v) is 3.42. The highest BCUT2D eigenvalue weighted by atomic mass is 127. The summed E-state index contributed by atoms with van der Waals surface area (Å²) in [5, 5.41) is 3.42. The first kappa shape index (κ1) is 21.0. The number of guanidine groups is 1. The smallest absolute Gasteiger partial charge is 0.193 e. The van der Waals surface area contributed by atoms with Gasteiger partial charge >= 0.3 is 0 Å². The molecule has 144 valence electrons. The van der Waals surface area contributed by atoms with Crippen LogP contribution >= 0.6 is 24.0 Å². The summed E-state index contributed by atoms with van der Waals surface area (Å²) in [6.07, 6.45) is 6.18. The Hall–Kier alpha value is -1.35. The van der Waals surface area contributed by atoms with Crippen molar-refractivity contribution in [3.8, 4) is 0 Å². The van der Waals surface area contributed by atoms with E-state index in [0.717, 1.165) is 56.5 Å². The van der Waals surface area contributed by atoms with E-state index in [2.05, 4.69) is 46.8 Å². The number of nitrogens with one attached hydrogen (secondary N) is 1. The minimum Gasteiger partial charge on any atom is -0.384 e. The number of pyridine rings is 1. The number of nitrogens with zero attached hydrogens (tertiary/aromatic N) is 4. The molecule has 0 radical (unpaired) electrons. The summed E-state index contributed by atoms with van der Waals surface area (Å²) in [4.78, 5) is 11.9. The monoisotopic (exact) mass is 471 g/mol. The van der Waals surface area contributed by atoms with Gasteiger partial charge < -0.3 is 19.4 Å². The molecule has 2 aromatic heterocycles. The Bertz CT molecular complexity index is 730. The molecule has 0 bridgehead atoms. The van der Waals surface area contributed by atoms with Gasteiger partial charge in [-0.1, -0.05) is 6.07 Å². The maximum absolute atomic E-state index is 5.29. The summed E-state index contributed by atoms with van der Waals surface area (Å²) < 4.78 is 7.39. The van der Waals surface area contributed by atoms with Crippen molar-refractivity contribution in [2.24, 2.45) is 10.9 Å². The van der Waals surface area contributed by atoms with Crippen molar-refractivity contribution < 1.29 is 4.74 Å². The number of fused-ring (bicyclic) bond motifs is 1. The lowest BCUT2D eigenvalue weighted by Crippen LogP contribution is -2.40. The number of halogens is 1. The van der Waals surface area contributed by atoms with Crippen molar-refractivity contribution in [1.29, 1.82) is 0 Å². The SMILES string of the molecule is CCNC(=NCCc1cn2cccc(C)c2n1)N1CCC(COC)C1.I. The van der Waals surface area contributed by atoms with Gasteiger partial charge in [-0.25, -0.2) is 4.98 Å². The molecule has 1 unspecified atom stereocenters. The molecule has 1 saturated heterocycles. The van der Waals surface area contributed by atoms with Gasteiger partial charge in [0.1, 0.15) is 5.65 Å². The predicted octanol–water partition coefficient (Wildman–Crippen LogP) is 2.74. The fourth-order valence-electron chi connectivity index (χ4n) is 3.42. The van der Waals surface area contributed by atoms with Crippen molar-refractivity contribution in [3.05, 3.63) is 35.8 Å². The van der Waals surface area contributed by atoms with Crippen LogP contribution in [-0.2, 0) is 11.2 Å². The molecule has 1 fully saturated rings. The second-order valence-electron chi connectivity index (χ2n) is 6.70. The summed E-state index contributed by atoms with van der Waals surface area (Å²) in [6.45, 7) is 8.74. The van der Waals surface area contributed by atoms with Crippen molar-refractivity contribution >= 4 is 35.6 Å². The second kappa shape index (κ2) is 10.1. The molecule has 0 aliphatic carbocycles. The lowest BCUT2D eigenvalue weighted by molar-refractivity contribution is 0.157. The van der Waals surface area contributed by atoms with E-state index in [9.17, 15) is 0 Å². The molecule has 0 aromatic carbocycles. The van der Waals surface area contributed by atoms with Gasteiger partial charge in [0, 0.05) is 58.0 Å². The Balaban J connectivity index is 0.00000243. The topological polar surface area (TPSA) is 54.2 Å². The normalized spacial score (nSPS) is 17.6. The highest BCUT2D eigenvalue weighted by Crippen LogP contribution is 2.16. The zero-order valence-corrected chi connectivity index (χ0v) is 18.3. The molecule has 6 nitrogen and oxygen atoms in total. The van der Waals surface area contributed by atoms with Crippen LogP contribution in [0.2, 0.25) is 0 Å². The molecule has 2 aromatic rings. The highest BCUT2D eigenvalue weighted by molar-refractivity contribution is 14.0. The molecule has 3 rings (SSSR count). The summed E-state index contributed by atoms with van der Waals surface area (Å²) >= 11 is 0. The summed E-state index contributed by atoms with van der Waals surface area (Å²) in [7, 11) is 1.78. The van der Waals surface area contributed by atoms with Gasteiger partial charge in [-0.3, -0.25) is 4.99 Å². The minimum atomic E-state index is 0. The molecule has 7 heteroatoms. The van der Waals surface area contributed by atoms with E-state index in [1.807, 2.05) is 6.20 Å². The van der Waals surface area contributed by atoms with Crippen LogP contribution in [0.5, 0.6) is 0 Å². The summed E-state index contributed by atoms with van der Waals surface area (Å²) in [5.74, 6) is 1.62. The molecule has 0 amide bonds. The molecule has 1 aliphatic rings. The maximum atomic E-state index is 5.29. The third-order valence-corrected chi connectivity index (χ3v) is 4.68. The molecule has 1 atom stereocenters. The fraction of sp³-hybridized carbons (Fsp3) is 0.579. The molecule has 26 heavy (non-hydrogen) atoms. The number of hydrogen-bond acceptors (Lipinski definition) is 3. The third kappa shape index (κ3) is 5.09. The minimum absolute atomic E-state index is 0. The van der Waals surface area contributed by atoms with Crippen LogP contribution in [0.1, 0.15) is 24.6 Å². The predicted molar refractivity (Wildman–Crippen MR) is 117 cm³/mol. The van der Waals surface area contributed by atoms with E-state index < -0.39 is 0 Å². The van der Waals surface area contributed by atoms with Crippen molar-refractivity contribution in [3.63, 3.8) is 0 Å². The van der Waals surface area contributed by atoms with Gasteiger partial charge in [-0.15, -0.1) is 24.0 Å². The van der Waals surface area contributed by atoms with E-state index in [0.29, 0.717) is 5.92 Å². The average molecular weight is 471 g/mol. The maximum Gasteiger partial charge on any atom is 0.193 e. The molecule has 0 spiro atoms. The van der Waals surface area contributed by atoms with Gasteiger partial charge in [-0.05, 0) is 31.9 Å². The standard InChI is InChI=1S/C19H29N5O.HI/c1-4-20-19(24-11-8-16(12-24)14-25-3)21-9-7-17-13-23-10-5-6-15(2)18(23)22-17;/h5-6,10,13,16H,4,7-9,11-12,14H2,1-3H3,(H,20,21);1H. The largest absolute Gasteiger partial charge is 0.384 e. The van der Waals surface area contributed by atoms with Crippen LogP contribution < -0.4 is 5.32 Å². The number of methoxy groups -OCH3 is 1. The number of ether oxygens (including phenoxy) is 1. The number of aliphatic imine (C=N–C) groups is 1. The Morgan fingerprint density at radius 2 is 2.31 bits per heavy atom. The lowest BCUT2D eigenvalue weighted by Gasteiger charge is -2.21. The summed E-state index contributed by atoms with van der Waals surface area (Å²) in [5.41, 5.74) is 3.33. The number of hydrogen-bond donors (Lipinski definition) is 1. The van der Waals surface area contributed by atoms with Gasteiger partial charge in [0.2, 0.25) is 0 Å². The van der Waals surface area contributed by atoms with Crippen molar-refractivity contribution in [2.45, 2.75) is 26.7 Å². The summed E-state index contributed by atoms with van der Waals surface area (Å²) in [6, 6.07) is 4.15. The number of rotatable bonds is 6. The Morgan fingerprint density at radius 3 is 3.04 bits per heavy atom. The molecular weight excluding hydrogens is 441 g/mol.